The Morgan fingerprint density at radius 3 is 2.53 bits per heavy atom. The van der Waals surface area contributed by atoms with Gasteiger partial charge in [0.25, 0.3) is 11.8 Å². The fourth-order valence-corrected chi connectivity index (χ4v) is 4.92. The van der Waals surface area contributed by atoms with E-state index in [0.717, 1.165) is 31.5 Å². The monoisotopic (exact) mass is 487 g/mol. The number of nitrogens with zero attached hydrogens (tertiary/aromatic N) is 2. The molecule has 34 heavy (non-hydrogen) atoms. The molecule has 2 aliphatic heterocycles. The highest BCUT2D eigenvalue weighted by molar-refractivity contribution is 7.80. The molecular weight excluding hydrogens is 466 g/mol. The van der Waals surface area contributed by atoms with Crippen molar-refractivity contribution in [2.45, 2.75) is 19.4 Å². The molecule has 1 fully saturated rings. The van der Waals surface area contributed by atoms with Gasteiger partial charge in [0.2, 0.25) is 0 Å². The molecule has 0 bridgehead atoms. The molecule has 0 saturated carbocycles. The number of para-hydroxylation sites is 1. The molecule has 2 aliphatic rings. The van der Waals surface area contributed by atoms with Gasteiger partial charge in [-0.2, -0.15) is 0 Å². The van der Waals surface area contributed by atoms with E-state index >= 15 is 0 Å². The van der Waals surface area contributed by atoms with E-state index < -0.39 is 11.8 Å². The number of fused-ring (bicyclic) bond motifs is 1. The third kappa shape index (κ3) is 4.34. The number of benzene rings is 3. The molecule has 0 spiro atoms. The van der Waals surface area contributed by atoms with E-state index in [0.29, 0.717) is 10.7 Å². The molecule has 1 N–H and O–H groups in total. The largest absolute Gasteiger partial charge is 0.367 e. The van der Waals surface area contributed by atoms with Crippen molar-refractivity contribution in [3.05, 3.63) is 100 Å². The highest BCUT2D eigenvalue weighted by Crippen LogP contribution is 2.32. The fourth-order valence-electron chi connectivity index (χ4n) is 4.43. The summed E-state index contributed by atoms with van der Waals surface area (Å²) in [7, 11) is 0. The van der Waals surface area contributed by atoms with E-state index in [1.807, 2.05) is 12.1 Å². The van der Waals surface area contributed by atoms with Gasteiger partial charge < -0.3 is 4.90 Å². The lowest BCUT2D eigenvalue weighted by Crippen LogP contribution is -2.54. The maximum absolute atomic E-state index is 13.3. The number of hydrogen-bond donors (Lipinski definition) is 1. The minimum absolute atomic E-state index is 0.0160. The molecule has 0 atom stereocenters. The summed E-state index contributed by atoms with van der Waals surface area (Å²) in [6.07, 6.45) is 3.63. The highest BCUT2D eigenvalue weighted by atomic mass is 35.5. The average Bonchev–Trinajstić information content (AvgIpc) is 2.83. The number of carbonyl (C=O) groups excluding carboxylic acids is 2. The van der Waals surface area contributed by atoms with Crippen LogP contribution in [-0.2, 0) is 22.6 Å². The Bertz CT molecular complexity index is 1320. The van der Waals surface area contributed by atoms with Crippen molar-refractivity contribution in [1.82, 2.24) is 5.32 Å². The van der Waals surface area contributed by atoms with E-state index in [2.05, 4.69) is 46.6 Å². The van der Waals surface area contributed by atoms with Crippen molar-refractivity contribution >= 4 is 58.2 Å². The van der Waals surface area contributed by atoms with Crippen LogP contribution in [0.25, 0.3) is 6.08 Å². The van der Waals surface area contributed by atoms with E-state index in [1.165, 1.54) is 21.7 Å². The van der Waals surface area contributed by atoms with Crippen molar-refractivity contribution in [2.24, 2.45) is 0 Å². The Hall–Kier alpha value is -3.48. The number of thiocarbonyl (C=S) groups is 1. The predicted molar refractivity (Wildman–Crippen MR) is 140 cm³/mol. The molecule has 5 nitrogen and oxygen atoms in total. The Kier molecular flexibility index (Phi) is 6.18. The molecule has 3 aromatic carbocycles. The summed E-state index contributed by atoms with van der Waals surface area (Å²) in [6, 6.07) is 23.4. The van der Waals surface area contributed by atoms with Gasteiger partial charge in [-0.3, -0.25) is 19.8 Å². The number of anilines is 2. The zero-order valence-corrected chi connectivity index (χ0v) is 19.9. The van der Waals surface area contributed by atoms with Crippen LogP contribution in [0.2, 0.25) is 5.02 Å². The summed E-state index contributed by atoms with van der Waals surface area (Å²) < 4.78 is 0. The van der Waals surface area contributed by atoms with Crippen LogP contribution in [0.5, 0.6) is 0 Å². The van der Waals surface area contributed by atoms with Gasteiger partial charge in [0, 0.05) is 18.8 Å². The van der Waals surface area contributed by atoms with Gasteiger partial charge in [-0.15, -0.1) is 0 Å². The summed E-state index contributed by atoms with van der Waals surface area (Å²) in [5.74, 6) is -1.01. The van der Waals surface area contributed by atoms with Crippen LogP contribution in [0, 0.1) is 0 Å². The molecule has 2 amide bonds. The first-order valence-corrected chi connectivity index (χ1v) is 11.9. The first-order chi connectivity index (χ1) is 16.5. The number of halogens is 1. The van der Waals surface area contributed by atoms with Gasteiger partial charge in [0.05, 0.1) is 10.7 Å². The molecule has 3 aromatic rings. The molecule has 0 unspecified atom stereocenters. The normalized spacial score (nSPS) is 17.1. The van der Waals surface area contributed by atoms with Gasteiger partial charge in [-0.25, -0.2) is 0 Å². The second kappa shape index (κ2) is 9.41. The second-order valence-corrected chi connectivity index (χ2v) is 9.10. The highest BCUT2D eigenvalue weighted by Gasteiger charge is 2.35. The van der Waals surface area contributed by atoms with Crippen molar-refractivity contribution < 1.29 is 9.59 Å². The van der Waals surface area contributed by atoms with Gasteiger partial charge in [0.15, 0.2) is 5.11 Å². The lowest BCUT2D eigenvalue weighted by Gasteiger charge is -2.32. The number of hydrogen-bond acceptors (Lipinski definition) is 4. The van der Waals surface area contributed by atoms with E-state index in [-0.39, 0.29) is 10.7 Å². The first-order valence-electron chi connectivity index (χ1n) is 11.1. The second-order valence-electron chi connectivity index (χ2n) is 8.31. The Morgan fingerprint density at radius 1 is 0.971 bits per heavy atom. The molecule has 1 saturated heterocycles. The van der Waals surface area contributed by atoms with Crippen LogP contribution in [0.15, 0.2) is 78.4 Å². The standard InChI is InChI=1S/C27H22ClN3O2S/c28-22-10-4-5-11-24(22)31-26(33)21(25(32)29-27(31)34)16-19-12-13-23-20(15-19)9-6-14-30(23)17-18-7-2-1-3-8-18/h1-5,7-8,10-13,15-16H,6,9,14,17H2,(H,29,32,34)/b21-16+. The maximum atomic E-state index is 13.3. The summed E-state index contributed by atoms with van der Waals surface area (Å²) in [4.78, 5) is 29.6. The maximum Gasteiger partial charge on any atom is 0.270 e. The number of nitrogens with one attached hydrogen (secondary N) is 1. The smallest absolute Gasteiger partial charge is 0.270 e. The van der Waals surface area contributed by atoms with Gasteiger partial charge in [-0.1, -0.05) is 60.1 Å². The van der Waals surface area contributed by atoms with Crippen LogP contribution >= 0.6 is 23.8 Å². The summed E-state index contributed by atoms with van der Waals surface area (Å²) in [6.45, 7) is 1.84. The molecular formula is C27H22ClN3O2S. The Labute approximate surface area is 208 Å². The lowest BCUT2D eigenvalue weighted by atomic mass is 9.97. The van der Waals surface area contributed by atoms with Crippen LogP contribution in [0.4, 0.5) is 11.4 Å². The van der Waals surface area contributed by atoms with E-state index in [4.69, 9.17) is 23.8 Å². The van der Waals surface area contributed by atoms with Crippen LogP contribution < -0.4 is 15.1 Å². The number of rotatable bonds is 4. The zero-order valence-electron chi connectivity index (χ0n) is 18.3. The Balaban J connectivity index is 1.45. The quantitative estimate of drug-likeness (QED) is 0.315. The summed E-state index contributed by atoms with van der Waals surface area (Å²) in [5.41, 5.74) is 4.92. The third-order valence-corrected chi connectivity index (χ3v) is 6.64. The predicted octanol–water partition coefficient (Wildman–Crippen LogP) is 5.12. The molecule has 5 rings (SSSR count). The SMILES string of the molecule is O=C1NC(=S)N(c2ccccc2Cl)C(=O)/C1=C/c1ccc2c(c1)CCCN2Cc1ccccc1. The summed E-state index contributed by atoms with van der Waals surface area (Å²) in [5, 5.41) is 3.01. The molecule has 0 radical (unpaired) electrons. The van der Waals surface area contributed by atoms with Crippen molar-refractivity contribution in [3.8, 4) is 0 Å². The minimum Gasteiger partial charge on any atom is -0.367 e. The van der Waals surface area contributed by atoms with Gasteiger partial charge >= 0.3 is 0 Å². The topological polar surface area (TPSA) is 52.7 Å². The van der Waals surface area contributed by atoms with Crippen molar-refractivity contribution in [2.75, 3.05) is 16.3 Å². The van der Waals surface area contributed by atoms with Crippen LogP contribution in [-0.4, -0.2) is 23.5 Å². The third-order valence-electron chi connectivity index (χ3n) is 6.04. The molecule has 170 valence electrons. The van der Waals surface area contributed by atoms with Crippen LogP contribution in [0.3, 0.4) is 0 Å². The molecule has 7 heteroatoms. The number of carbonyl (C=O) groups is 2. The van der Waals surface area contributed by atoms with Gasteiger partial charge in [-0.05, 0) is 72.1 Å². The minimum atomic E-state index is -0.512. The number of amides is 2. The summed E-state index contributed by atoms with van der Waals surface area (Å²) >= 11 is 11.6. The molecule has 0 aromatic heterocycles. The van der Waals surface area contributed by atoms with Crippen molar-refractivity contribution in [3.63, 3.8) is 0 Å². The Morgan fingerprint density at radius 2 is 1.74 bits per heavy atom. The van der Waals surface area contributed by atoms with Crippen molar-refractivity contribution in [1.29, 1.82) is 0 Å². The van der Waals surface area contributed by atoms with Gasteiger partial charge in [0.1, 0.15) is 5.57 Å². The fraction of sp³-hybridized carbons (Fsp3) is 0.148. The van der Waals surface area contributed by atoms with Crippen LogP contribution in [0.1, 0.15) is 23.1 Å². The first kappa shape index (κ1) is 22.3. The van der Waals surface area contributed by atoms with E-state index in [9.17, 15) is 9.59 Å². The van der Waals surface area contributed by atoms with E-state index in [1.54, 1.807) is 30.3 Å². The zero-order chi connectivity index (χ0) is 23.7. The molecule has 0 aliphatic carbocycles. The number of aryl methyl sites for hydroxylation is 1. The average molecular weight is 488 g/mol. The lowest BCUT2D eigenvalue weighted by molar-refractivity contribution is -0.122. The molecule has 2 heterocycles.